The van der Waals surface area contributed by atoms with E-state index in [1.54, 1.807) is 23.1 Å². The van der Waals surface area contributed by atoms with Gasteiger partial charge in [-0.25, -0.2) is 0 Å². The lowest BCUT2D eigenvalue weighted by Gasteiger charge is -2.31. The summed E-state index contributed by atoms with van der Waals surface area (Å²) in [6.45, 7) is 5.03. The number of hydrogen-bond donors (Lipinski definition) is 1. The number of carbonyl (C=O) groups excluding carboxylic acids is 2. The lowest BCUT2D eigenvalue weighted by Crippen LogP contribution is -2.49. The minimum Gasteiger partial charge on any atom is -0.494 e. The number of carbonyl (C=O) groups is 2. The van der Waals surface area contributed by atoms with E-state index in [1.165, 1.54) is 0 Å². The number of nitrogens with zero attached hydrogens (tertiary/aromatic N) is 1. The van der Waals surface area contributed by atoms with E-state index < -0.39 is 6.04 Å². The zero-order chi connectivity index (χ0) is 22.6. The van der Waals surface area contributed by atoms with Crippen molar-refractivity contribution in [3.05, 3.63) is 64.1 Å². The van der Waals surface area contributed by atoms with Gasteiger partial charge in [0.25, 0.3) is 0 Å². The molecule has 7 heteroatoms. The summed E-state index contributed by atoms with van der Waals surface area (Å²) in [6, 6.07) is 14.1. The largest absolute Gasteiger partial charge is 0.494 e. The molecule has 0 aliphatic rings. The number of nitrogens with one attached hydrogen (secondary N) is 1. The van der Waals surface area contributed by atoms with Crippen molar-refractivity contribution in [3.8, 4) is 5.75 Å². The van der Waals surface area contributed by atoms with Crippen LogP contribution in [0.4, 0.5) is 0 Å². The molecule has 31 heavy (non-hydrogen) atoms. The summed E-state index contributed by atoms with van der Waals surface area (Å²) in [5, 5.41) is 3.85. The zero-order valence-corrected chi connectivity index (χ0v) is 19.6. The fourth-order valence-corrected chi connectivity index (χ4v) is 3.73. The standard InChI is InChI=1S/C24H30Cl2N2O3/c1-3-15-27-24(30)22(4-2)28(17-19-20(25)12-8-13-21(19)26)23(29)14-9-16-31-18-10-6-5-7-11-18/h5-8,10-13,22H,3-4,9,14-17H2,1-2H3,(H,27,30)/t22-/m1/s1. The molecule has 2 rings (SSSR count). The van der Waals surface area contributed by atoms with Crippen LogP contribution in [0.3, 0.4) is 0 Å². The molecule has 168 valence electrons. The molecule has 0 heterocycles. The second-order valence-electron chi connectivity index (χ2n) is 7.20. The van der Waals surface area contributed by atoms with Gasteiger partial charge in [-0.1, -0.05) is 61.3 Å². The van der Waals surface area contributed by atoms with Gasteiger partial charge in [0, 0.05) is 35.1 Å². The predicted molar refractivity (Wildman–Crippen MR) is 126 cm³/mol. The van der Waals surface area contributed by atoms with Crippen LogP contribution < -0.4 is 10.1 Å². The van der Waals surface area contributed by atoms with Crippen molar-refractivity contribution in [2.75, 3.05) is 13.2 Å². The topological polar surface area (TPSA) is 58.6 Å². The van der Waals surface area contributed by atoms with Gasteiger partial charge in [0.1, 0.15) is 11.8 Å². The van der Waals surface area contributed by atoms with E-state index >= 15 is 0 Å². The molecule has 0 unspecified atom stereocenters. The molecule has 0 saturated heterocycles. The van der Waals surface area contributed by atoms with E-state index in [4.69, 9.17) is 27.9 Å². The van der Waals surface area contributed by atoms with Crippen LogP contribution in [0.2, 0.25) is 10.0 Å². The average Bonchev–Trinajstić information content (AvgIpc) is 2.77. The first-order valence-electron chi connectivity index (χ1n) is 10.7. The summed E-state index contributed by atoms with van der Waals surface area (Å²) in [7, 11) is 0. The summed E-state index contributed by atoms with van der Waals surface area (Å²) < 4.78 is 5.69. The number of rotatable bonds is 12. The molecule has 0 spiro atoms. The van der Waals surface area contributed by atoms with Crippen molar-refractivity contribution in [2.24, 2.45) is 0 Å². The van der Waals surface area contributed by atoms with Gasteiger partial charge >= 0.3 is 0 Å². The lowest BCUT2D eigenvalue weighted by atomic mass is 10.1. The van der Waals surface area contributed by atoms with Gasteiger partial charge in [0.2, 0.25) is 11.8 Å². The number of amides is 2. The summed E-state index contributed by atoms with van der Waals surface area (Å²) in [4.78, 5) is 27.5. The zero-order valence-electron chi connectivity index (χ0n) is 18.1. The van der Waals surface area contributed by atoms with Crippen LogP contribution in [-0.4, -0.2) is 35.9 Å². The molecule has 0 bridgehead atoms. The average molecular weight is 465 g/mol. The number of ether oxygens (including phenoxy) is 1. The van der Waals surface area contributed by atoms with Gasteiger partial charge < -0.3 is 15.0 Å². The monoisotopic (exact) mass is 464 g/mol. The molecule has 0 radical (unpaired) electrons. The SMILES string of the molecule is CCCNC(=O)[C@@H](CC)N(Cc1c(Cl)cccc1Cl)C(=O)CCCOc1ccccc1. The molecule has 0 fully saturated rings. The highest BCUT2D eigenvalue weighted by Gasteiger charge is 2.29. The van der Waals surface area contributed by atoms with E-state index in [-0.39, 0.29) is 24.8 Å². The highest BCUT2D eigenvalue weighted by molar-refractivity contribution is 6.36. The van der Waals surface area contributed by atoms with Crippen LogP contribution in [0.15, 0.2) is 48.5 Å². The van der Waals surface area contributed by atoms with E-state index in [0.29, 0.717) is 41.6 Å². The molecule has 2 aromatic carbocycles. The molecular formula is C24H30Cl2N2O3. The molecule has 1 atom stereocenters. The summed E-state index contributed by atoms with van der Waals surface area (Å²) in [5.41, 5.74) is 0.640. The van der Waals surface area contributed by atoms with Gasteiger partial charge in [-0.05, 0) is 43.5 Å². The second-order valence-corrected chi connectivity index (χ2v) is 8.02. The van der Waals surface area contributed by atoms with Gasteiger partial charge in [-0.15, -0.1) is 0 Å². The van der Waals surface area contributed by atoms with Gasteiger partial charge in [-0.3, -0.25) is 9.59 Å². The Kier molecular flexibility index (Phi) is 10.7. The predicted octanol–water partition coefficient (Wildman–Crippen LogP) is 5.49. The third-order valence-corrected chi connectivity index (χ3v) is 5.58. The van der Waals surface area contributed by atoms with Crippen LogP contribution >= 0.6 is 23.2 Å². The van der Waals surface area contributed by atoms with Crippen LogP contribution in [0.25, 0.3) is 0 Å². The van der Waals surface area contributed by atoms with Gasteiger partial charge in [0.15, 0.2) is 0 Å². The van der Waals surface area contributed by atoms with Crippen molar-refractivity contribution < 1.29 is 14.3 Å². The van der Waals surface area contributed by atoms with E-state index in [0.717, 1.165) is 12.2 Å². The number of halogens is 2. The number of para-hydroxylation sites is 1. The first kappa shape index (κ1) is 25.0. The maximum absolute atomic E-state index is 13.2. The highest BCUT2D eigenvalue weighted by Crippen LogP contribution is 2.27. The first-order chi connectivity index (χ1) is 15.0. The second kappa shape index (κ2) is 13.2. The Morgan fingerprint density at radius 3 is 2.32 bits per heavy atom. The molecule has 5 nitrogen and oxygen atoms in total. The third kappa shape index (κ3) is 7.75. The number of hydrogen-bond acceptors (Lipinski definition) is 3. The van der Waals surface area contributed by atoms with Crippen LogP contribution in [0.1, 0.15) is 45.1 Å². The Morgan fingerprint density at radius 2 is 1.71 bits per heavy atom. The van der Waals surface area contributed by atoms with Crippen LogP contribution in [0, 0.1) is 0 Å². The molecular weight excluding hydrogens is 435 g/mol. The Hall–Kier alpha value is -2.24. The Morgan fingerprint density at radius 1 is 1.03 bits per heavy atom. The quantitative estimate of drug-likeness (QED) is 0.422. The normalized spacial score (nSPS) is 11.6. The smallest absolute Gasteiger partial charge is 0.242 e. The minimum atomic E-state index is -0.596. The Balaban J connectivity index is 2.11. The Labute approximate surface area is 194 Å². The minimum absolute atomic E-state index is 0.133. The van der Waals surface area contributed by atoms with Crippen LogP contribution in [0.5, 0.6) is 5.75 Å². The lowest BCUT2D eigenvalue weighted by molar-refractivity contribution is -0.141. The van der Waals surface area contributed by atoms with Gasteiger partial charge in [-0.2, -0.15) is 0 Å². The highest BCUT2D eigenvalue weighted by atomic mass is 35.5. The van der Waals surface area contributed by atoms with E-state index in [9.17, 15) is 9.59 Å². The van der Waals surface area contributed by atoms with E-state index in [2.05, 4.69) is 5.32 Å². The molecule has 0 aliphatic heterocycles. The molecule has 2 aromatic rings. The van der Waals surface area contributed by atoms with Crippen molar-refractivity contribution >= 4 is 35.0 Å². The van der Waals surface area contributed by atoms with Crippen LogP contribution in [-0.2, 0) is 16.1 Å². The third-order valence-electron chi connectivity index (χ3n) is 4.87. The van der Waals surface area contributed by atoms with Crippen molar-refractivity contribution in [1.29, 1.82) is 0 Å². The molecule has 2 amide bonds. The van der Waals surface area contributed by atoms with Crippen molar-refractivity contribution in [1.82, 2.24) is 10.2 Å². The summed E-state index contributed by atoms with van der Waals surface area (Å²) in [5.74, 6) is 0.465. The molecule has 0 aliphatic carbocycles. The fraction of sp³-hybridized carbons (Fsp3) is 0.417. The maximum atomic E-state index is 13.2. The molecule has 0 saturated carbocycles. The number of benzene rings is 2. The summed E-state index contributed by atoms with van der Waals surface area (Å²) in [6.07, 6.45) is 2.10. The van der Waals surface area contributed by atoms with Crippen molar-refractivity contribution in [3.63, 3.8) is 0 Å². The van der Waals surface area contributed by atoms with E-state index in [1.807, 2.05) is 44.2 Å². The first-order valence-corrected chi connectivity index (χ1v) is 11.4. The molecule has 0 aromatic heterocycles. The maximum Gasteiger partial charge on any atom is 0.242 e. The van der Waals surface area contributed by atoms with Gasteiger partial charge in [0.05, 0.1) is 6.61 Å². The summed E-state index contributed by atoms with van der Waals surface area (Å²) >= 11 is 12.7. The van der Waals surface area contributed by atoms with Crippen molar-refractivity contribution in [2.45, 2.75) is 52.1 Å². The Bertz CT molecular complexity index is 826. The molecule has 1 N–H and O–H groups in total. The fourth-order valence-electron chi connectivity index (χ4n) is 3.21.